The van der Waals surface area contributed by atoms with E-state index in [0.717, 1.165) is 11.1 Å². The van der Waals surface area contributed by atoms with E-state index in [4.69, 9.17) is 0 Å². The molecule has 1 aromatic rings. The molecule has 0 atom stereocenters. The summed E-state index contributed by atoms with van der Waals surface area (Å²) in [5.41, 5.74) is 1.61. The van der Waals surface area contributed by atoms with Crippen molar-refractivity contribution in [3.05, 3.63) is 47.6 Å². The molecule has 0 fully saturated rings. The van der Waals surface area contributed by atoms with Gasteiger partial charge in [0.1, 0.15) is 5.75 Å². The SMILES string of the molecule is CC(=O)/C=C(C)\C=C\c1ccccc1O. The van der Waals surface area contributed by atoms with E-state index in [1.165, 1.54) is 6.92 Å². The van der Waals surface area contributed by atoms with Gasteiger partial charge in [0.2, 0.25) is 0 Å². The first-order valence-electron chi connectivity index (χ1n) is 4.74. The maximum atomic E-state index is 10.8. The third-order valence-corrected chi connectivity index (χ3v) is 1.89. The van der Waals surface area contributed by atoms with Crippen molar-refractivity contribution in [3.8, 4) is 5.75 Å². The molecule has 0 heterocycles. The molecule has 0 saturated carbocycles. The average molecular weight is 202 g/mol. The molecule has 2 nitrogen and oxygen atoms in total. The molecule has 1 N–H and O–H groups in total. The van der Waals surface area contributed by atoms with Crippen molar-refractivity contribution in [2.45, 2.75) is 13.8 Å². The van der Waals surface area contributed by atoms with Crippen LogP contribution in [0.4, 0.5) is 0 Å². The number of carbonyl (C=O) groups excluding carboxylic acids is 1. The molecule has 0 amide bonds. The summed E-state index contributed by atoms with van der Waals surface area (Å²) in [6.07, 6.45) is 5.14. The zero-order valence-corrected chi connectivity index (χ0v) is 8.90. The fourth-order valence-corrected chi connectivity index (χ4v) is 1.22. The lowest BCUT2D eigenvalue weighted by Crippen LogP contribution is -1.82. The molecule has 0 aliphatic heterocycles. The monoisotopic (exact) mass is 202 g/mol. The number of benzene rings is 1. The summed E-state index contributed by atoms with van der Waals surface area (Å²) in [5.74, 6) is 0.263. The summed E-state index contributed by atoms with van der Waals surface area (Å²) >= 11 is 0. The van der Waals surface area contributed by atoms with Crippen molar-refractivity contribution in [2.24, 2.45) is 0 Å². The van der Waals surface area contributed by atoms with Gasteiger partial charge in [0, 0.05) is 5.56 Å². The fourth-order valence-electron chi connectivity index (χ4n) is 1.22. The van der Waals surface area contributed by atoms with Crippen molar-refractivity contribution in [3.63, 3.8) is 0 Å². The predicted molar refractivity (Wildman–Crippen MR) is 61.6 cm³/mol. The van der Waals surface area contributed by atoms with Gasteiger partial charge in [0.15, 0.2) is 5.78 Å². The Balaban J connectivity index is 2.83. The van der Waals surface area contributed by atoms with Gasteiger partial charge in [-0.2, -0.15) is 0 Å². The topological polar surface area (TPSA) is 37.3 Å². The van der Waals surface area contributed by atoms with Crippen LogP contribution < -0.4 is 0 Å². The number of aromatic hydroxyl groups is 1. The molecule has 0 unspecified atom stereocenters. The van der Waals surface area contributed by atoms with Crippen LogP contribution in [0.1, 0.15) is 19.4 Å². The zero-order valence-electron chi connectivity index (χ0n) is 8.90. The zero-order chi connectivity index (χ0) is 11.3. The van der Waals surface area contributed by atoms with E-state index in [2.05, 4.69) is 0 Å². The number of hydrogen-bond donors (Lipinski definition) is 1. The second-order valence-electron chi connectivity index (χ2n) is 3.39. The smallest absolute Gasteiger partial charge is 0.152 e. The molecule has 0 saturated heterocycles. The normalized spacial score (nSPS) is 12.0. The van der Waals surface area contributed by atoms with E-state index in [0.29, 0.717) is 0 Å². The molecule has 0 bridgehead atoms. The summed E-state index contributed by atoms with van der Waals surface area (Å²) in [5, 5.41) is 9.47. The second kappa shape index (κ2) is 5.15. The van der Waals surface area contributed by atoms with Crippen molar-refractivity contribution < 1.29 is 9.90 Å². The summed E-state index contributed by atoms with van der Waals surface area (Å²) < 4.78 is 0. The Morgan fingerprint density at radius 2 is 1.93 bits per heavy atom. The predicted octanol–water partition coefficient (Wildman–Crippen LogP) is 2.94. The maximum absolute atomic E-state index is 10.8. The van der Waals surface area contributed by atoms with Crippen LogP contribution in [-0.4, -0.2) is 10.9 Å². The first-order chi connectivity index (χ1) is 7.09. The van der Waals surface area contributed by atoms with Gasteiger partial charge >= 0.3 is 0 Å². The Labute approximate surface area is 89.6 Å². The quantitative estimate of drug-likeness (QED) is 0.604. The van der Waals surface area contributed by atoms with E-state index < -0.39 is 0 Å². The number of hydrogen-bond acceptors (Lipinski definition) is 2. The molecule has 1 rings (SSSR count). The first kappa shape index (κ1) is 11.2. The Kier molecular flexibility index (Phi) is 3.86. The van der Waals surface area contributed by atoms with Crippen LogP contribution in [0.25, 0.3) is 6.08 Å². The molecule has 0 aliphatic rings. The van der Waals surface area contributed by atoms with E-state index >= 15 is 0 Å². The molecule has 0 aromatic heterocycles. The lowest BCUT2D eigenvalue weighted by Gasteiger charge is -1.97. The summed E-state index contributed by atoms with van der Waals surface area (Å²) in [6, 6.07) is 7.06. The molecule has 78 valence electrons. The van der Waals surface area contributed by atoms with E-state index in [9.17, 15) is 9.90 Å². The summed E-state index contributed by atoms with van der Waals surface area (Å²) in [6.45, 7) is 3.36. The highest BCUT2D eigenvalue weighted by molar-refractivity contribution is 5.88. The third-order valence-electron chi connectivity index (χ3n) is 1.89. The van der Waals surface area contributed by atoms with Gasteiger partial charge in [-0.05, 0) is 31.6 Å². The molecular weight excluding hydrogens is 188 g/mol. The summed E-state index contributed by atoms with van der Waals surface area (Å²) in [4.78, 5) is 10.8. The van der Waals surface area contributed by atoms with Crippen LogP contribution in [0.5, 0.6) is 5.75 Å². The van der Waals surface area contributed by atoms with Crippen LogP contribution in [0.3, 0.4) is 0 Å². The van der Waals surface area contributed by atoms with Gasteiger partial charge in [0.05, 0.1) is 0 Å². The van der Waals surface area contributed by atoms with E-state index in [1.54, 1.807) is 30.4 Å². The molecule has 2 heteroatoms. The van der Waals surface area contributed by atoms with Gasteiger partial charge in [-0.1, -0.05) is 30.4 Å². The minimum absolute atomic E-state index is 0.0226. The van der Waals surface area contributed by atoms with E-state index in [-0.39, 0.29) is 11.5 Å². The Morgan fingerprint density at radius 3 is 2.53 bits per heavy atom. The van der Waals surface area contributed by atoms with Crippen LogP contribution in [0.2, 0.25) is 0 Å². The molecule has 15 heavy (non-hydrogen) atoms. The van der Waals surface area contributed by atoms with Crippen molar-refractivity contribution >= 4 is 11.9 Å². The standard InChI is InChI=1S/C13H14O2/c1-10(9-11(2)14)7-8-12-5-3-4-6-13(12)15/h3-9,15H,1-2H3/b8-7+,10-9-. The van der Waals surface area contributed by atoms with Crippen LogP contribution in [0, 0.1) is 0 Å². The Morgan fingerprint density at radius 1 is 1.27 bits per heavy atom. The number of allylic oxidation sites excluding steroid dienone is 3. The average Bonchev–Trinajstić information content (AvgIpc) is 2.15. The van der Waals surface area contributed by atoms with Gasteiger partial charge in [-0.15, -0.1) is 0 Å². The van der Waals surface area contributed by atoms with E-state index in [1.807, 2.05) is 19.1 Å². The molecule has 0 aliphatic carbocycles. The van der Waals surface area contributed by atoms with Crippen LogP contribution >= 0.6 is 0 Å². The first-order valence-corrected chi connectivity index (χ1v) is 4.74. The van der Waals surface area contributed by atoms with Gasteiger partial charge in [0.25, 0.3) is 0 Å². The molecule has 0 spiro atoms. The number of phenols is 1. The lowest BCUT2D eigenvalue weighted by molar-refractivity contribution is -0.112. The van der Waals surface area contributed by atoms with Crippen LogP contribution in [-0.2, 0) is 4.79 Å². The van der Waals surface area contributed by atoms with Crippen LogP contribution in [0.15, 0.2) is 42.0 Å². The van der Waals surface area contributed by atoms with Crippen molar-refractivity contribution in [2.75, 3.05) is 0 Å². The van der Waals surface area contributed by atoms with Gasteiger partial charge < -0.3 is 5.11 Å². The van der Waals surface area contributed by atoms with Crippen molar-refractivity contribution in [1.29, 1.82) is 0 Å². The largest absolute Gasteiger partial charge is 0.507 e. The minimum Gasteiger partial charge on any atom is -0.507 e. The molecule has 1 aromatic carbocycles. The summed E-state index contributed by atoms with van der Waals surface area (Å²) in [7, 11) is 0. The van der Waals surface area contributed by atoms with Crippen molar-refractivity contribution in [1.82, 2.24) is 0 Å². The highest BCUT2D eigenvalue weighted by Gasteiger charge is 1.93. The highest BCUT2D eigenvalue weighted by Crippen LogP contribution is 2.17. The highest BCUT2D eigenvalue weighted by atomic mass is 16.3. The molecule has 0 radical (unpaired) electrons. The fraction of sp³-hybridized carbons (Fsp3) is 0.154. The maximum Gasteiger partial charge on any atom is 0.152 e. The number of ketones is 1. The number of para-hydroxylation sites is 1. The molecular formula is C13H14O2. The minimum atomic E-state index is 0.0226. The lowest BCUT2D eigenvalue weighted by atomic mass is 10.1. The number of phenolic OH excluding ortho intramolecular Hbond substituents is 1. The Bertz CT molecular complexity index is 414. The van der Waals surface area contributed by atoms with Gasteiger partial charge in [-0.3, -0.25) is 4.79 Å². The second-order valence-corrected chi connectivity index (χ2v) is 3.39. The Hall–Kier alpha value is -1.83. The van der Waals surface area contributed by atoms with Gasteiger partial charge in [-0.25, -0.2) is 0 Å². The third kappa shape index (κ3) is 3.81. The number of rotatable bonds is 3. The number of carbonyl (C=O) groups is 1.